The summed E-state index contributed by atoms with van der Waals surface area (Å²) in [6, 6.07) is 2.45. The summed E-state index contributed by atoms with van der Waals surface area (Å²) in [5.74, 6) is -1.05. The number of nitrogens with zero attached hydrogens (tertiary/aromatic N) is 2. The van der Waals surface area contributed by atoms with Crippen LogP contribution in [0.4, 0.5) is 22.0 Å². The largest absolute Gasteiger partial charge is 0.406 e. The molecule has 114 valence electrons. The van der Waals surface area contributed by atoms with E-state index in [4.69, 9.17) is 5.11 Å². The standard InChI is InChI=1S/C11H13F5N2O2/c12-9(13)6-17-3-1-2-8(17)10(20)18(4-5-19)7-11(14,15)16/h1-3,9,19H,4-7H2. The molecular formula is C11H13F5N2O2. The van der Waals surface area contributed by atoms with Crippen LogP contribution in [0.1, 0.15) is 10.5 Å². The first-order valence-corrected chi connectivity index (χ1v) is 5.64. The van der Waals surface area contributed by atoms with Gasteiger partial charge in [-0.15, -0.1) is 0 Å². The van der Waals surface area contributed by atoms with Gasteiger partial charge in [0.15, 0.2) is 0 Å². The van der Waals surface area contributed by atoms with Crippen LogP contribution in [0.25, 0.3) is 0 Å². The van der Waals surface area contributed by atoms with E-state index in [9.17, 15) is 26.7 Å². The molecule has 0 radical (unpaired) electrons. The van der Waals surface area contributed by atoms with Gasteiger partial charge in [0.2, 0.25) is 0 Å². The normalized spacial score (nSPS) is 11.9. The number of aromatic nitrogens is 1. The Morgan fingerprint density at radius 2 is 2.05 bits per heavy atom. The van der Waals surface area contributed by atoms with Gasteiger partial charge in [-0.25, -0.2) is 8.78 Å². The molecule has 4 nitrogen and oxygen atoms in total. The van der Waals surface area contributed by atoms with Crippen molar-refractivity contribution in [2.75, 3.05) is 19.7 Å². The number of amides is 1. The third-order valence-corrected chi connectivity index (χ3v) is 2.41. The average Bonchev–Trinajstić information content (AvgIpc) is 2.73. The monoisotopic (exact) mass is 300 g/mol. The molecule has 0 atom stereocenters. The zero-order valence-electron chi connectivity index (χ0n) is 10.3. The Bertz CT molecular complexity index is 444. The Kier molecular flexibility index (Phi) is 5.49. The summed E-state index contributed by atoms with van der Waals surface area (Å²) >= 11 is 0. The molecule has 0 fully saturated rings. The number of carbonyl (C=O) groups is 1. The first-order chi connectivity index (χ1) is 9.24. The highest BCUT2D eigenvalue weighted by molar-refractivity contribution is 5.92. The van der Waals surface area contributed by atoms with E-state index in [2.05, 4.69) is 0 Å². The fourth-order valence-corrected chi connectivity index (χ4v) is 1.67. The number of aliphatic hydroxyl groups excluding tert-OH is 1. The predicted molar refractivity (Wildman–Crippen MR) is 59.5 cm³/mol. The predicted octanol–water partition coefficient (Wildman–Crippen LogP) is 1.75. The maximum absolute atomic E-state index is 12.3. The molecule has 1 amide bonds. The number of rotatable bonds is 6. The van der Waals surface area contributed by atoms with Gasteiger partial charge in [-0.1, -0.05) is 0 Å². The van der Waals surface area contributed by atoms with Gasteiger partial charge >= 0.3 is 6.18 Å². The van der Waals surface area contributed by atoms with Gasteiger partial charge in [-0.3, -0.25) is 4.79 Å². The Balaban J connectivity index is 2.92. The highest BCUT2D eigenvalue weighted by atomic mass is 19.4. The highest BCUT2D eigenvalue weighted by Gasteiger charge is 2.33. The zero-order valence-corrected chi connectivity index (χ0v) is 10.3. The van der Waals surface area contributed by atoms with Crippen molar-refractivity contribution in [3.05, 3.63) is 24.0 Å². The van der Waals surface area contributed by atoms with Gasteiger partial charge in [0.1, 0.15) is 12.2 Å². The average molecular weight is 300 g/mol. The number of carbonyl (C=O) groups excluding carboxylic acids is 1. The smallest absolute Gasteiger partial charge is 0.395 e. The molecule has 0 aliphatic carbocycles. The van der Waals surface area contributed by atoms with E-state index in [1.165, 1.54) is 12.3 Å². The van der Waals surface area contributed by atoms with Crippen molar-refractivity contribution in [3.8, 4) is 0 Å². The van der Waals surface area contributed by atoms with Crippen LogP contribution in [-0.2, 0) is 6.54 Å². The molecule has 0 bridgehead atoms. The van der Waals surface area contributed by atoms with Crippen molar-refractivity contribution in [2.24, 2.45) is 0 Å². The fraction of sp³-hybridized carbons (Fsp3) is 0.545. The molecule has 0 aromatic carbocycles. The van der Waals surface area contributed by atoms with Crippen LogP contribution in [0, 0.1) is 0 Å². The number of hydrogen-bond acceptors (Lipinski definition) is 2. The topological polar surface area (TPSA) is 45.5 Å². The van der Waals surface area contributed by atoms with Crippen molar-refractivity contribution in [3.63, 3.8) is 0 Å². The van der Waals surface area contributed by atoms with E-state index >= 15 is 0 Å². The van der Waals surface area contributed by atoms with Crippen LogP contribution in [0.15, 0.2) is 18.3 Å². The molecule has 0 aliphatic rings. The van der Waals surface area contributed by atoms with Crippen molar-refractivity contribution in [1.29, 1.82) is 0 Å². The van der Waals surface area contributed by atoms with Crippen molar-refractivity contribution < 1.29 is 31.9 Å². The molecule has 9 heteroatoms. The summed E-state index contributed by atoms with van der Waals surface area (Å²) in [6.45, 7) is -3.52. The number of halogens is 5. The zero-order chi connectivity index (χ0) is 15.3. The molecule has 0 unspecified atom stereocenters. The summed E-state index contributed by atoms with van der Waals surface area (Å²) in [4.78, 5) is 12.3. The maximum atomic E-state index is 12.3. The van der Waals surface area contributed by atoms with Crippen LogP contribution in [0.5, 0.6) is 0 Å². The number of alkyl halides is 5. The highest BCUT2D eigenvalue weighted by Crippen LogP contribution is 2.18. The lowest BCUT2D eigenvalue weighted by atomic mass is 10.3. The number of hydrogen-bond donors (Lipinski definition) is 1. The Hall–Kier alpha value is -1.64. The minimum atomic E-state index is -4.63. The molecule has 0 aliphatic heterocycles. The summed E-state index contributed by atoms with van der Waals surface area (Å²) < 4.78 is 62.5. The summed E-state index contributed by atoms with van der Waals surface area (Å²) in [7, 11) is 0. The van der Waals surface area contributed by atoms with E-state index in [-0.39, 0.29) is 5.69 Å². The van der Waals surface area contributed by atoms with Crippen LogP contribution in [0.2, 0.25) is 0 Å². The minimum absolute atomic E-state index is 0.275. The summed E-state index contributed by atoms with van der Waals surface area (Å²) in [5.41, 5.74) is -0.275. The first-order valence-electron chi connectivity index (χ1n) is 5.64. The Labute approximate surface area is 111 Å². The van der Waals surface area contributed by atoms with Crippen LogP contribution >= 0.6 is 0 Å². The van der Waals surface area contributed by atoms with E-state index in [1.54, 1.807) is 0 Å². The van der Waals surface area contributed by atoms with E-state index in [1.807, 2.05) is 0 Å². The molecule has 20 heavy (non-hydrogen) atoms. The van der Waals surface area contributed by atoms with Crippen LogP contribution in [-0.4, -0.2) is 52.8 Å². The third kappa shape index (κ3) is 4.80. The quantitative estimate of drug-likeness (QED) is 0.814. The molecule has 0 spiro atoms. The molecule has 0 saturated carbocycles. The summed E-state index contributed by atoms with van der Waals surface area (Å²) in [5, 5.41) is 8.71. The van der Waals surface area contributed by atoms with Gasteiger partial charge in [-0.05, 0) is 12.1 Å². The van der Waals surface area contributed by atoms with E-state index in [0.29, 0.717) is 4.90 Å². The fourth-order valence-electron chi connectivity index (χ4n) is 1.67. The second-order valence-corrected chi connectivity index (χ2v) is 4.00. The van der Waals surface area contributed by atoms with Gasteiger partial charge in [-0.2, -0.15) is 13.2 Å². The second-order valence-electron chi connectivity index (χ2n) is 4.00. The van der Waals surface area contributed by atoms with Gasteiger partial charge < -0.3 is 14.6 Å². The van der Waals surface area contributed by atoms with Crippen LogP contribution < -0.4 is 0 Å². The Morgan fingerprint density at radius 3 is 2.55 bits per heavy atom. The lowest BCUT2D eigenvalue weighted by Crippen LogP contribution is -2.41. The van der Waals surface area contributed by atoms with Gasteiger partial charge in [0, 0.05) is 12.7 Å². The number of aliphatic hydroxyl groups is 1. The lowest BCUT2D eigenvalue weighted by Gasteiger charge is -2.23. The van der Waals surface area contributed by atoms with E-state index in [0.717, 1.165) is 10.6 Å². The third-order valence-electron chi connectivity index (χ3n) is 2.41. The van der Waals surface area contributed by atoms with Gasteiger partial charge in [0.25, 0.3) is 12.3 Å². The lowest BCUT2D eigenvalue weighted by molar-refractivity contribution is -0.141. The molecule has 1 N–H and O–H groups in total. The SMILES string of the molecule is O=C(c1cccn1CC(F)F)N(CCO)CC(F)(F)F. The molecular weight excluding hydrogens is 287 g/mol. The summed E-state index contributed by atoms with van der Waals surface area (Å²) in [6.07, 6.45) is -6.18. The first kappa shape index (κ1) is 16.4. The van der Waals surface area contributed by atoms with Gasteiger partial charge in [0.05, 0.1) is 13.2 Å². The Morgan fingerprint density at radius 1 is 1.40 bits per heavy atom. The van der Waals surface area contributed by atoms with Crippen molar-refractivity contribution >= 4 is 5.91 Å². The van der Waals surface area contributed by atoms with Crippen molar-refractivity contribution in [2.45, 2.75) is 19.1 Å². The van der Waals surface area contributed by atoms with E-state index < -0.39 is 44.8 Å². The minimum Gasteiger partial charge on any atom is -0.395 e. The molecule has 1 rings (SSSR count). The second kappa shape index (κ2) is 6.69. The molecule has 1 aromatic heterocycles. The van der Waals surface area contributed by atoms with Crippen molar-refractivity contribution in [1.82, 2.24) is 9.47 Å². The molecule has 1 heterocycles. The van der Waals surface area contributed by atoms with Crippen LogP contribution in [0.3, 0.4) is 0 Å². The molecule has 1 aromatic rings. The maximum Gasteiger partial charge on any atom is 0.406 e. The molecule has 0 saturated heterocycles.